The monoisotopic (exact) mass is 474 g/mol. The normalized spacial score (nSPS) is 15.6. The third-order valence-electron chi connectivity index (χ3n) is 5.01. The standard InChI is InChI=1S/C26H22N2O3S2/c1-17-8-6-10-20(14-17)27-24(29)18(2)28-25(30)23(33-26(28)32)16-19-9-7-13-22(15-19)31-21-11-4-3-5-12-21/h3-16,18H,1-2H3,(H,27,29)/b23-16-. The molecule has 0 saturated carbocycles. The first-order valence-electron chi connectivity index (χ1n) is 10.4. The molecule has 0 aliphatic carbocycles. The smallest absolute Gasteiger partial charge is 0.266 e. The SMILES string of the molecule is Cc1cccc(NC(=O)C(C)N2C(=O)/C(=C/c3cccc(Oc4ccccc4)c3)SC2=S)c1. The first kappa shape index (κ1) is 22.8. The second-order valence-electron chi connectivity index (χ2n) is 7.57. The predicted octanol–water partition coefficient (Wildman–Crippen LogP) is 6.02. The fraction of sp³-hybridized carbons (Fsp3) is 0.115. The molecule has 1 saturated heterocycles. The first-order valence-corrected chi connectivity index (χ1v) is 11.6. The Labute approximate surface area is 202 Å². The average Bonchev–Trinajstić information content (AvgIpc) is 3.07. The molecule has 1 aliphatic rings. The molecule has 2 amide bonds. The average molecular weight is 475 g/mol. The van der Waals surface area contributed by atoms with E-state index in [2.05, 4.69) is 5.32 Å². The maximum Gasteiger partial charge on any atom is 0.266 e. The van der Waals surface area contributed by atoms with Crippen LogP contribution in [0.15, 0.2) is 83.8 Å². The molecule has 5 nitrogen and oxygen atoms in total. The number of carbonyl (C=O) groups excluding carboxylic acids is 2. The summed E-state index contributed by atoms with van der Waals surface area (Å²) in [5, 5.41) is 2.86. The number of amides is 2. The Morgan fingerprint density at radius 3 is 2.52 bits per heavy atom. The number of hydrogen-bond acceptors (Lipinski definition) is 5. The third-order valence-corrected chi connectivity index (χ3v) is 6.34. The molecular weight excluding hydrogens is 452 g/mol. The van der Waals surface area contributed by atoms with Crippen molar-refractivity contribution in [3.05, 3.63) is 94.9 Å². The number of ether oxygens (including phenoxy) is 1. The van der Waals surface area contributed by atoms with Crippen LogP contribution in [-0.2, 0) is 9.59 Å². The van der Waals surface area contributed by atoms with Crippen LogP contribution < -0.4 is 10.1 Å². The topological polar surface area (TPSA) is 58.6 Å². The van der Waals surface area contributed by atoms with Gasteiger partial charge in [0, 0.05) is 5.69 Å². The van der Waals surface area contributed by atoms with Crippen LogP contribution in [-0.4, -0.2) is 27.1 Å². The highest BCUT2D eigenvalue weighted by Crippen LogP contribution is 2.35. The molecule has 1 aliphatic heterocycles. The van der Waals surface area contributed by atoms with Crippen LogP contribution in [0, 0.1) is 6.92 Å². The van der Waals surface area contributed by atoms with Gasteiger partial charge in [-0.3, -0.25) is 14.5 Å². The lowest BCUT2D eigenvalue weighted by atomic mass is 10.2. The first-order chi connectivity index (χ1) is 15.9. The molecular formula is C26H22N2O3S2. The molecule has 0 radical (unpaired) electrons. The zero-order valence-electron chi connectivity index (χ0n) is 18.1. The summed E-state index contributed by atoms with van der Waals surface area (Å²) in [5.74, 6) is 0.813. The lowest BCUT2D eigenvalue weighted by Crippen LogP contribution is -2.44. The van der Waals surface area contributed by atoms with Crippen molar-refractivity contribution in [3.63, 3.8) is 0 Å². The molecule has 4 rings (SSSR count). The Hall–Kier alpha value is -3.42. The van der Waals surface area contributed by atoms with Crippen LogP contribution in [0.2, 0.25) is 0 Å². The fourth-order valence-electron chi connectivity index (χ4n) is 3.34. The van der Waals surface area contributed by atoms with E-state index in [0.29, 0.717) is 20.7 Å². The van der Waals surface area contributed by atoms with Crippen molar-refractivity contribution in [2.45, 2.75) is 19.9 Å². The molecule has 1 N–H and O–H groups in total. The van der Waals surface area contributed by atoms with Crippen LogP contribution in [0.4, 0.5) is 5.69 Å². The van der Waals surface area contributed by atoms with Gasteiger partial charge in [-0.05, 0) is 67.4 Å². The van der Waals surface area contributed by atoms with Gasteiger partial charge in [-0.25, -0.2) is 0 Å². The number of thioether (sulfide) groups is 1. The van der Waals surface area contributed by atoms with Crippen molar-refractivity contribution in [2.24, 2.45) is 0 Å². The maximum absolute atomic E-state index is 13.1. The van der Waals surface area contributed by atoms with Gasteiger partial charge in [0.2, 0.25) is 5.91 Å². The van der Waals surface area contributed by atoms with Crippen LogP contribution in [0.25, 0.3) is 6.08 Å². The molecule has 33 heavy (non-hydrogen) atoms. The molecule has 166 valence electrons. The van der Waals surface area contributed by atoms with E-state index in [-0.39, 0.29) is 11.8 Å². The highest BCUT2D eigenvalue weighted by atomic mass is 32.2. The van der Waals surface area contributed by atoms with Gasteiger partial charge in [0.15, 0.2) is 0 Å². The minimum absolute atomic E-state index is 0.286. The van der Waals surface area contributed by atoms with Gasteiger partial charge in [0.25, 0.3) is 5.91 Å². The number of benzene rings is 3. The second kappa shape index (κ2) is 10.0. The molecule has 0 spiro atoms. The summed E-state index contributed by atoms with van der Waals surface area (Å²) in [6, 6.07) is 23.7. The van der Waals surface area contributed by atoms with Crippen LogP contribution in [0.1, 0.15) is 18.1 Å². The molecule has 1 heterocycles. The van der Waals surface area contributed by atoms with E-state index >= 15 is 0 Å². The molecule has 1 fully saturated rings. The summed E-state index contributed by atoms with van der Waals surface area (Å²) in [4.78, 5) is 27.7. The van der Waals surface area contributed by atoms with Gasteiger partial charge in [-0.15, -0.1) is 0 Å². The van der Waals surface area contributed by atoms with Crippen molar-refractivity contribution >= 4 is 51.9 Å². The van der Waals surface area contributed by atoms with Crippen LogP contribution >= 0.6 is 24.0 Å². The van der Waals surface area contributed by atoms with E-state index < -0.39 is 6.04 Å². The number of carbonyl (C=O) groups is 2. The van der Waals surface area contributed by atoms with Gasteiger partial charge in [0.05, 0.1) is 4.91 Å². The van der Waals surface area contributed by atoms with Gasteiger partial charge in [-0.2, -0.15) is 0 Å². The molecule has 0 bridgehead atoms. The quantitative estimate of drug-likeness (QED) is 0.350. The van der Waals surface area contributed by atoms with Gasteiger partial charge in [0.1, 0.15) is 21.9 Å². The highest BCUT2D eigenvalue weighted by molar-refractivity contribution is 8.26. The number of nitrogens with zero attached hydrogens (tertiary/aromatic N) is 1. The Bertz CT molecular complexity index is 1240. The zero-order chi connectivity index (χ0) is 23.4. The minimum Gasteiger partial charge on any atom is -0.457 e. The number of rotatable bonds is 6. The number of aryl methyl sites for hydroxylation is 1. The van der Waals surface area contributed by atoms with Crippen molar-refractivity contribution in [1.29, 1.82) is 0 Å². The molecule has 7 heteroatoms. The summed E-state index contributed by atoms with van der Waals surface area (Å²) in [6.45, 7) is 3.62. The van der Waals surface area contributed by atoms with E-state index in [9.17, 15) is 9.59 Å². The second-order valence-corrected chi connectivity index (χ2v) is 9.25. The summed E-state index contributed by atoms with van der Waals surface area (Å²) in [7, 11) is 0. The molecule has 1 unspecified atom stereocenters. The predicted molar refractivity (Wildman–Crippen MR) is 137 cm³/mol. The lowest BCUT2D eigenvalue weighted by molar-refractivity contribution is -0.129. The summed E-state index contributed by atoms with van der Waals surface area (Å²) < 4.78 is 6.23. The minimum atomic E-state index is -0.739. The van der Waals surface area contributed by atoms with Crippen LogP contribution in [0.5, 0.6) is 11.5 Å². The Morgan fingerprint density at radius 1 is 1.03 bits per heavy atom. The largest absolute Gasteiger partial charge is 0.457 e. The zero-order valence-corrected chi connectivity index (χ0v) is 19.8. The van der Waals surface area contributed by atoms with E-state index in [1.807, 2.05) is 85.8 Å². The number of nitrogens with one attached hydrogen (secondary N) is 1. The fourth-order valence-corrected chi connectivity index (χ4v) is 4.76. The summed E-state index contributed by atoms with van der Waals surface area (Å²) >= 11 is 6.62. The Balaban J connectivity index is 1.48. The van der Waals surface area contributed by atoms with Crippen molar-refractivity contribution in [1.82, 2.24) is 4.90 Å². The molecule has 3 aromatic rings. The molecule has 0 aromatic heterocycles. The van der Waals surface area contributed by atoms with Crippen molar-refractivity contribution in [3.8, 4) is 11.5 Å². The van der Waals surface area contributed by atoms with E-state index in [1.54, 1.807) is 13.0 Å². The summed E-state index contributed by atoms with van der Waals surface area (Å²) in [5.41, 5.74) is 2.52. The molecule has 1 atom stereocenters. The number of anilines is 1. The lowest BCUT2D eigenvalue weighted by Gasteiger charge is -2.22. The summed E-state index contributed by atoms with van der Waals surface area (Å²) in [6.07, 6.45) is 1.77. The van der Waals surface area contributed by atoms with Crippen LogP contribution in [0.3, 0.4) is 0 Å². The molecule has 3 aromatic carbocycles. The number of para-hydroxylation sites is 1. The van der Waals surface area contributed by atoms with Gasteiger partial charge < -0.3 is 10.1 Å². The van der Waals surface area contributed by atoms with Crippen molar-refractivity contribution < 1.29 is 14.3 Å². The van der Waals surface area contributed by atoms with E-state index in [4.69, 9.17) is 17.0 Å². The Kier molecular flexibility index (Phi) is 6.91. The van der Waals surface area contributed by atoms with Gasteiger partial charge in [-0.1, -0.05) is 66.4 Å². The third kappa shape index (κ3) is 5.50. The number of thiocarbonyl (C=S) groups is 1. The van der Waals surface area contributed by atoms with E-state index in [1.165, 1.54) is 16.7 Å². The number of hydrogen-bond donors (Lipinski definition) is 1. The van der Waals surface area contributed by atoms with Gasteiger partial charge >= 0.3 is 0 Å². The maximum atomic E-state index is 13.1. The highest BCUT2D eigenvalue weighted by Gasteiger charge is 2.38. The Morgan fingerprint density at radius 2 is 1.76 bits per heavy atom. The van der Waals surface area contributed by atoms with E-state index in [0.717, 1.165) is 16.9 Å². The van der Waals surface area contributed by atoms with Crippen molar-refractivity contribution in [2.75, 3.05) is 5.32 Å².